The Bertz CT molecular complexity index is 137. The molecule has 0 aromatic heterocycles. The van der Waals surface area contributed by atoms with E-state index in [1.807, 2.05) is 13.0 Å². The second kappa shape index (κ2) is 10.8. The zero-order valence-electron chi connectivity index (χ0n) is 9.02. The molecular formula is C9H19O4S+. The maximum absolute atomic E-state index is 5.26. The molecule has 0 radical (unpaired) electrons. The van der Waals surface area contributed by atoms with Crippen LogP contribution in [0.2, 0.25) is 0 Å². The van der Waals surface area contributed by atoms with Gasteiger partial charge in [-0.15, -0.1) is 12.5 Å². The summed E-state index contributed by atoms with van der Waals surface area (Å²) in [6.45, 7) is 3.28. The van der Waals surface area contributed by atoms with Gasteiger partial charge in [-0.05, 0) is 19.8 Å². The van der Waals surface area contributed by atoms with Gasteiger partial charge in [-0.3, -0.25) is 0 Å². The Hall–Kier alpha value is -0.230. The Balaban J connectivity index is 3.12. The van der Waals surface area contributed by atoms with Crippen molar-refractivity contribution in [1.29, 1.82) is 0 Å². The first-order chi connectivity index (χ1) is 6.85. The third-order valence-electron chi connectivity index (χ3n) is 1.34. The van der Waals surface area contributed by atoms with E-state index in [2.05, 4.69) is 0 Å². The van der Waals surface area contributed by atoms with Gasteiger partial charge in [0.25, 0.3) is 0 Å². The maximum Gasteiger partial charge on any atom is 0.507 e. The van der Waals surface area contributed by atoms with E-state index < -0.39 is 11.7 Å². The van der Waals surface area contributed by atoms with Gasteiger partial charge in [-0.2, -0.15) is 0 Å². The number of allylic oxidation sites excluding steroid dienone is 1. The highest BCUT2D eigenvalue weighted by atomic mass is 32.3. The summed E-state index contributed by atoms with van der Waals surface area (Å²) in [7, 11) is 3.11. The van der Waals surface area contributed by atoms with Crippen LogP contribution in [-0.4, -0.2) is 27.4 Å². The van der Waals surface area contributed by atoms with Gasteiger partial charge in [0.15, 0.2) is 0 Å². The smallest absolute Gasteiger partial charge is 0.502 e. The summed E-state index contributed by atoms with van der Waals surface area (Å²) in [6, 6.07) is 0. The lowest BCUT2D eigenvalue weighted by Crippen LogP contribution is -2.11. The zero-order valence-corrected chi connectivity index (χ0v) is 9.84. The van der Waals surface area contributed by atoms with Crippen LogP contribution in [0.25, 0.3) is 0 Å². The summed E-state index contributed by atoms with van der Waals surface area (Å²) >= 11 is -0.802. The predicted octanol–water partition coefficient (Wildman–Crippen LogP) is 1.99. The van der Waals surface area contributed by atoms with E-state index in [4.69, 9.17) is 17.3 Å². The van der Waals surface area contributed by atoms with E-state index in [1.54, 1.807) is 20.5 Å². The Kier molecular flexibility index (Phi) is 10.7. The van der Waals surface area contributed by atoms with Crippen LogP contribution >= 0.6 is 0 Å². The normalized spacial score (nSPS) is 11.4. The average Bonchev–Trinajstić information content (AvgIpc) is 2.22. The number of unbranched alkanes of at least 4 members (excludes halogenated alkanes) is 1. The molecule has 0 aromatic carbocycles. The standard InChI is InChI=1S/C9H19O4S/c1-4-7-12-8-5-6-9-13-14(10-2)11-3/h4,7H,5-6,8-9H2,1-3H3/q+1. The molecule has 0 fully saturated rings. The SMILES string of the molecule is CC=COCCCCO[S+](OC)OC. The first-order valence-corrected chi connectivity index (χ1v) is 5.54. The lowest BCUT2D eigenvalue weighted by atomic mass is 10.3. The van der Waals surface area contributed by atoms with Gasteiger partial charge >= 0.3 is 11.7 Å². The van der Waals surface area contributed by atoms with E-state index in [0.29, 0.717) is 6.61 Å². The number of rotatable bonds is 9. The predicted molar refractivity (Wildman–Crippen MR) is 57.3 cm³/mol. The van der Waals surface area contributed by atoms with Crippen LogP contribution in [0.15, 0.2) is 12.3 Å². The molecule has 0 saturated carbocycles. The molecule has 0 amide bonds. The molecule has 0 rings (SSSR count). The topological polar surface area (TPSA) is 36.9 Å². The third-order valence-corrected chi connectivity index (χ3v) is 2.24. The minimum Gasteiger partial charge on any atom is -0.502 e. The Morgan fingerprint density at radius 1 is 1.07 bits per heavy atom. The first-order valence-electron chi connectivity index (χ1n) is 4.54. The fourth-order valence-corrected chi connectivity index (χ4v) is 1.33. The van der Waals surface area contributed by atoms with E-state index in [-0.39, 0.29) is 0 Å². The van der Waals surface area contributed by atoms with Crippen LogP contribution in [0.3, 0.4) is 0 Å². The minimum absolute atomic E-state index is 0.629. The van der Waals surface area contributed by atoms with Gasteiger partial charge in [-0.1, -0.05) is 6.08 Å². The summed E-state index contributed by atoms with van der Waals surface area (Å²) < 4.78 is 20.2. The summed E-state index contributed by atoms with van der Waals surface area (Å²) in [5.74, 6) is 0. The number of hydrogen-bond donors (Lipinski definition) is 0. The van der Waals surface area contributed by atoms with Crippen molar-refractivity contribution in [3.63, 3.8) is 0 Å². The molecule has 4 nitrogen and oxygen atoms in total. The van der Waals surface area contributed by atoms with Crippen molar-refractivity contribution in [2.24, 2.45) is 0 Å². The molecule has 0 spiro atoms. The van der Waals surface area contributed by atoms with Gasteiger partial charge in [0.05, 0.1) is 27.1 Å². The molecule has 0 bridgehead atoms. The lowest BCUT2D eigenvalue weighted by Gasteiger charge is -1.99. The monoisotopic (exact) mass is 223 g/mol. The van der Waals surface area contributed by atoms with Crippen LogP contribution in [0, 0.1) is 0 Å². The summed E-state index contributed by atoms with van der Waals surface area (Å²) in [5, 5.41) is 0. The molecule has 0 aromatic rings. The fraction of sp³-hybridized carbons (Fsp3) is 0.778. The first kappa shape index (κ1) is 13.8. The second-order valence-electron chi connectivity index (χ2n) is 2.41. The van der Waals surface area contributed by atoms with Gasteiger partial charge in [-0.25, -0.2) is 0 Å². The fourth-order valence-electron chi connectivity index (χ4n) is 0.743. The van der Waals surface area contributed by atoms with Crippen LogP contribution in [0.5, 0.6) is 0 Å². The Labute approximate surface area is 89.1 Å². The van der Waals surface area contributed by atoms with Gasteiger partial charge < -0.3 is 4.74 Å². The van der Waals surface area contributed by atoms with Gasteiger partial charge in [0.2, 0.25) is 0 Å². The van der Waals surface area contributed by atoms with Crippen molar-refractivity contribution in [2.75, 3.05) is 27.4 Å². The quantitative estimate of drug-likeness (QED) is 0.340. The van der Waals surface area contributed by atoms with E-state index in [1.165, 1.54) is 0 Å². The van der Waals surface area contributed by atoms with Crippen LogP contribution in [0.4, 0.5) is 0 Å². The molecule has 0 heterocycles. The zero-order chi connectivity index (χ0) is 10.6. The lowest BCUT2D eigenvalue weighted by molar-refractivity contribution is 0.203. The highest BCUT2D eigenvalue weighted by molar-refractivity contribution is 7.82. The largest absolute Gasteiger partial charge is 0.507 e. The third kappa shape index (κ3) is 8.37. The summed E-state index contributed by atoms with van der Waals surface area (Å²) in [5.41, 5.74) is 0. The van der Waals surface area contributed by atoms with Crippen molar-refractivity contribution in [2.45, 2.75) is 19.8 Å². The molecule has 0 N–H and O–H groups in total. The molecule has 0 unspecified atom stereocenters. The summed E-state index contributed by atoms with van der Waals surface area (Å²) in [6.07, 6.45) is 5.46. The minimum atomic E-state index is -0.802. The Morgan fingerprint density at radius 2 is 1.71 bits per heavy atom. The molecule has 5 heteroatoms. The van der Waals surface area contributed by atoms with Gasteiger partial charge in [0, 0.05) is 0 Å². The van der Waals surface area contributed by atoms with Gasteiger partial charge in [0.1, 0.15) is 6.61 Å². The molecule has 0 aliphatic carbocycles. The highest BCUT2D eigenvalue weighted by Crippen LogP contribution is 2.02. The number of ether oxygens (including phenoxy) is 1. The van der Waals surface area contributed by atoms with Crippen molar-refractivity contribution in [1.82, 2.24) is 0 Å². The van der Waals surface area contributed by atoms with E-state index in [0.717, 1.165) is 19.4 Å². The highest BCUT2D eigenvalue weighted by Gasteiger charge is 2.21. The molecule has 0 aliphatic rings. The van der Waals surface area contributed by atoms with E-state index >= 15 is 0 Å². The number of hydrogen-bond acceptors (Lipinski definition) is 4. The summed E-state index contributed by atoms with van der Waals surface area (Å²) in [4.78, 5) is 0. The molecule has 84 valence electrons. The average molecular weight is 223 g/mol. The van der Waals surface area contributed by atoms with E-state index in [9.17, 15) is 0 Å². The van der Waals surface area contributed by atoms with Crippen LogP contribution < -0.4 is 0 Å². The molecular weight excluding hydrogens is 204 g/mol. The van der Waals surface area contributed by atoms with Crippen LogP contribution in [0.1, 0.15) is 19.8 Å². The van der Waals surface area contributed by atoms with Crippen LogP contribution in [-0.2, 0) is 29.0 Å². The van der Waals surface area contributed by atoms with Crippen molar-refractivity contribution < 1.29 is 17.3 Å². The van der Waals surface area contributed by atoms with Crippen molar-refractivity contribution in [3.05, 3.63) is 12.3 Å². The molecule has 14 heavy (non-hydrogen) atoms. The Morgan fingerprint density at radius 3 is 2.29 bits per heavy atom. The molecule has 0 aliphatic heterocycles. The maximum atomic E-state index is 5.26. The van der Waals surface area contributed by atoms with Crippen molar-refractivity contribution in [3.8, 4) is 0 Å². The molecule has 0 atom stereocenters. The molecule has 0 saturated heterocycles. The van der Waals surface area contributed by atoms with Crippen molar-refractivity contribution >= 4 is 11.7 Å². The second-order valence-corrected chi connectivity index (χ2v) is 3.72.